The molecule has 4 aromatic rings. The quantitative estimate of drug-likeness (QED) is 0.450. The molecular weight excluding hydrogens is 410 g/mol. The molecule has 0 bridgehead atoms. The molecule has 1 spiro atoms. The zero-order valence-electron chi connectivity index (χ0n) is 18.7. The van der Waals surface area contributed by atoms with Crippen molar-refractivity contribution >= 4 is 21.5 Å². The Morgan fingerprint density at radius 3 is 2.39 bits per heavy atom. The number of aliphatic hydroxyl groups is 2. The van der Waals surface area contributed by atoms with Crippen LogP contribution in [0.1, 0.15) is 42.6 Å². The van der Waals surface area contributed by atoms with Crippen LogP contribution in [0.2, 0.25) is 0 Å². The molecule has 4 nitrogen and oxygen atoms in total. The number of aliphatic hydroxyl groups excluding tert-OH is 2. The van der Waals surface area contributed by atoms with Gasteiger partial charge in [-0.25, -0.2) is 0 Å². The van der Waals surface area contributed by atoms with Crippen LogP contribution < -0.4 is 4.74 Å². The SMILES string of the molecule is OC(CN1CCC2(CC1)CC(O)c1ccc3ccccc3c1O2)c1ccc2ccccc2c1. The van der Waals surface area contributed by atoms with Crippen LogP contribution in [0.15, 0.2) is 78.9 Å². The molecule has 0 amide bonds. The second-order valence-corrected chi connectivity index (χ2v) is 9.63. The van der Waals surface area contributed by atoms with Crippen LogP contribution in [0.5, 0.6) is 5.75 Å². The first-order valence-corrected chi connectivity index (χ1v) is 11.9. The summed E-state index contributed by atoms with van der Waals surface area (Å²) in [5.74, 6) is 0.844. The predicted octanol–water partition coefficient (Wildman–Crippen LogP) is 5.38. The molecule has 4 aromatic carbocycles. The minimum atomic E-state index is -0.522. The van der Waals surface area contributed by atoms with E-state index in [1.54, 1.807) is 0 Å². The Morgan fingerprint density at radius 1 is 0.879 bits per heavy atom. The lowest BCUT2D eigenvalue weighted by Crippen LogP contribution is -2.51. The zero-order valence-corrected chi connectivity index (χ0v) is 18.7. The molecule has 2 aliphatic rings. The van der Waals surface area contributed by atoms with E-state index in [2.05, 4.69) is 47.4 Å². The van der Waals surface area contributed by atoms with Crippen LogP contribution in [0, 0.1) is 0 Å². The van der Waals surface area contributed by atoms with Crippen LogP contribution in [-0.2, 0) is 0 Å². The molecule has 2 heterocycles. The number of β-amino-alcohol motifs (C(OH)–C–C–N with tert-alkyl or cyclic N) is 1. The van der Waals surface area contributed by atoms with E-state index in [4.69, 9.17) is 4.74 Å². The lowest BCUT2D eigenvalue weighted by atomic mass is 9.81. The summed E-state index contributed by atoms with van der Waals surface area (Å²) < 4.78 is 6.68. The van der Waals surface area contributed by atoms with Gasteiger partial charge in [-0.3, -0.25) is 0 Å². The van der Waals surface area contributed by atoms with Gasteiger partial charge in [-0.05, 0) is 40.6 Å². The number of ether oxygens (including phenoxy) is 1. The van der Waals surface area contributed by atoms with Crippen molar-refractivity contribution in [2.75, 3.05) is 19.6 Å². The highest BCUT2D eigenvalue weighted by molar-refractivity contribution is 5.90. The highest BCUT2D eigenvalue weighted by Crippen LogP contribution is 2.47. The van der Waals surface area contributed by atoms with Crippen molar-refractivity contribution < 1.29 is 14.9 Å². The average Bonchev–Trinajstić information content (AvgIpc) is 2.85. The summed E-state index contributed by atoms with van der Waals surface area (Å²) >= 11 is 0. The average molecular weight is 440 g/mol. The number of benzene rings is 4. The minimum Gasteiger partial charge on any atom is -0.486 e. The summed E-state index contributed by atoms with van der Waals surface area (Å²) in [5.41, 5.74) is 1.51. The van der Waals surface area contributed by atoms with Crippen molar-refractivity contribution in [2.45, 2.75) is 37.1 Å². The van der Waals surface area contributed by atoms with Crippen molar-refractivity contribution in [3.8, 4) is 5.75 Å². The Hall–Kier alpha value is -2.92. The molecule has 0 radical (unpaired) electrons. The monoisotopic (exact) mass is 439 g/mol. The van der Waals surface area contributed by atoms with Gasteiger partial charge in [0, 0.05) is 37.0 Å². The molecule has 0 aliphatic carbocycles. The Labute approximate surface area is 194 Å². The third kappa shape index (κ3) is 3.78. The molecule has 2 N–H and O–H groups in total. The van der Waals surface area contributed by atoms with Crippen LogP contribution in [-0.4, -0.2) is 40.3 Å². The maximum Gasteiger partial charge on any atom is 0.133 e. The highest BCUT2D eigenvalue weighted by atomic mass is 16.5. The molecular formula is C29H29NO3. The molecule has 1 saturated heterocycles. The summed E-state index contributed by atoms with van der Waals surface area (Å²) in [6.07, 6.45) is 1.28. The molecule has 1 fully saturated rings. The highest BCUT2D eigenvalue weighted by Gasteiger charge is 2.43. The number of rotatable bonds is 3. The number of fused-ring (bicyclic) bond motifs is 4. The van der Waals surface area contributed by atoms with Crippen molar-refractivity contribution in [1.82, 2.24) is 4.90 Å². The normalized spacial score (nSPS) is 21.1. The summed E-state index contributed by atoms with van der Waals surface area (Å²) in [6, 6.07) is 26.7. The molecule has 4 heteroatoms. The predicted molar refractivity (Wildman–Crippen MR) is 131 cm³/mol. The Kier molecular flexibility index (Phi) is 5.10. The first kappa shape index (κ1) is 20.7. The topological polar surface area (TPSA) is 52.9 Å². The van der Waals surface area contributed by atoms with Gasteiger partial charge in [0.1, 0.15) is 11.4 Å². The fourth-order valence-electron chi connectivity index (χ4n) is 5.57. The Balaban J connectivity index is 1.17. The number of hydrogen-bond donors (Lipinski definition) is 2. The first-order chi connectivity index (χ1) is 16.1. The molecule has 33 heavy (non-hydrogen) atoms. The standard InChI is InChI=1S/C29H29NO3/c31-26-18-29(33-28-24-8-4-3-6-21(24)11-12-25(26)28)13-15-30(16-14-29)19-27(32)23-10-9-20-5-1-2-7-22(20)17-23/h1-12,17,26-27,31-32H,13-16,18-19H2. The van der Waals surface area contributed by atoms with Gasteiger partial charge in [0.25, 0.3) is 0 Å². The maximum atomic E-state index is 11.0. The number of likely N-dealkylation sites (tertiary alicyclic amines) is 1. The molecule has 0 aromatic heterocycles. The van der Waals surface area contributed by atoms with E-state index in [0.29, 0.717) is 13.0 Å². The van der Waals surface area contributed by atoms with Crippen LogP contribution in [0.25, 0.3) is 21.5 Å². The Morgan fingerprint density at radius 2 is 1.58 bits per heavy atom. The molecule has 2 aliphatic heterocycles. The second-order valence-electron chi connectivity index (χ2n) is 9.63. The number of nitrogens with zero attached hydrogens (tertiary/aromatic N) is 1. The van der Waals surface area contributed by atoms with Gasteiger partial charge in [-0.1, -0.05) is 72.8 Å². The third-order valence-corrected chi connectivity index (χ3v) is 7.51. The smallest absolute Gasteiger partial charge is 0.133 e. The van der Waals surface area contributed by atoms with E-state index in [-0.39, 0.29) is 5.60 Å². The zero-order chi connectivity index (χ0) is 22.4. The van der Waals surface area contributed by atoms with Crippen LogP contribution >= 0.6 is 0 Å². The summed E-state index contributed by atoms with van der Waals surface area (Å²) in [6.45, 7) is 2.30. The van der Waals surface area contributed by atoms with Crippen LogP contribution in [0.4, 0.5) is 0 Å². The maximum absolute atomic E-state index is 11.0. The van der Waals surface area contributed by atoms with E-state index in [0.717, 1.165) is 59.0 Å². The van der Waals surface area contributed by atoms with Crippen molar-refractivity contribution in [1.29, 1.82) is 0 Å². The molecule has 168 valence electrons. The fraction of sp³-hybridized carbons (Fsp3) is 0.310. The molecule has 0 saturated carbocycles. The summed E-state index contributed by atoms with van der Waals surface area (Å²) in [7, 11) is 0. The lowest BCUT2D eigenvalue weighted by Gasteiger charge is -2.46. The first-order valence-electron chi connectivity index (χ1n) is 11.9. The van der Waals surface area contributed by atoms with Gasteiger partial charge in [0.05, 0.1) is 12.2 Å². The Bertz CT molecular complexity index is 1310. The van der Waals surface area contributed by atoms with Crippen molar-refractivity contribution in [2.24, 2.45) is 0 Å². The number of piperidine rings is 1. The van der Waals surface area contributed by atoms with Gasteiger partial charge in [-0.2, -0.15) is 0 Å². The summed E-state index contributed by atoms with van der Waals surface area (Å²) in [5, 5.41) is 26.4. The fourth-order valence-corrected chi connectivity index (χ4v) is 5.57. The number of hydrogen-bond acceptors (Lipinski definition) is 4. The van der Waals surface area contributed by atoms with Gasteiger partial charge in [0.2, 0.25) is 0 Å². The summed E-state index contributed by atoms with van der Waals surface area (Å²) in [4.78, 5) is 2.32. The molecule has 2 unspecified atom stereocenters. The third-order valence-electron chi connectivity index (χ3n) is 7.51. The second kappa shape index (κ2) is 8.14. The molecule has 6 rings (SSSR count). The van der Waals surface area contributed by atoms with E-state index in [1.807, 2.05) is 36.4 Å². The van der Waals surface area contributed by atoms with Crippen LogP contribution in [0.3, 0.4) is 0 Å². The molecule has 2 atom stereocenters. The van der Waals surface area contributed by atoms with Crippen molar-refractivity contribution in [3.63, 3.8) is 0 Å². The van der Waals surface area contributed by atoms with E-state index in [9.17, 15) is 10.2 Å². The lowest BCUT2D eigenvalue weighted by molar-refractivity contribution is -0.0577. The van der Waals surface area contributed by atoms with Crippen molar-refractivity contribution in [3.05, 3.63) is 90.0 Å². The van der Waals surface area contributed by atoms with Gasteiger partial charge in [0.15, 0.2) is 0 Å². The van der Waals surface area contributed by atoms with Gasteiger partial charge >= 0.3 is 0 Å². The van der Waals surface area contributed by atoms with Gasteiger partial charge < -0.3 is 19.8 Å². The van der Waals surface area contributed by atoms with E-state index in [1.165, 1.54) is 5.39 Å². The minimum absolute atomic E-state index is 0.346. The van der Waals surface area contributed by atoms with Gasteiger partial charge in [-0.15, -0.1) is 0 Å². The van der Waals surface area contributed by atoms with E-state index < -0.39 is 12.2 Å². The van der Waals surface area contributed by atoms with E-state index >= 15 is 0 Å². The largest absolute Gasteiger partial charge is 0.486 e.